The normalized spacial score (nSPS) is 13.9. The Morgan fingerprint density at radius 2 is 1.92 bits per heavy atom. The summed E-state index contributed by atoms with van der Waals surface area (Å²) in [7, 11) is 0. The fourth-order valence-corrected chi connectivity index (χ4v) is 1.10. The van der Waals surface area contributed by atoms with Crippen LogP contribution in [0, 0.1) is 0 Å². The maximum atomic E-state index is 11.0. The molecule has 0 heterocycles. The fraction of sp³-hybridized carbons (Fsp3) is 0.900. The first-order valence-corrected chi connectivity index (χ1v) is 4.68. The molecule has 0 aromatic heterocycles. The third-order valence-corrected chi connectivity index (χ3v) is 1.31. The first-order valence-electron chi connectivity index (χ1n) is 4.68. The number of esters is 1. The van der Waals surface area contributed by atoms with E-state index in [9.17, 15) is 4.79 Å². The van der Waals surface area contributed by atoms with Gasteiger partial charge in [-0.25, -0.2) is 0 Å². The van der Waals surface area contributed by atoms with Crippen molar-refractivity contribution < 1.29 is 14.3 Å². The molecule has 0 N–H and O–H groups in total. The molecule has 0 aromatic carbocycles. The standard InChI is InChI=1S/C10H20O3/c1-6-12-9(11)7-8(2)13-10(3,4)5/h8H,6-7H2,1-5H3. The number of hydrogen-bond acceptors (Lipinski definition) is 3. The first-order chi connectivity index (χ1) is 5.85. The molecule has 0 saturated heterocycles. The van der Waals surface area contributed by atoms with Crippen molar-refractivity contribution in [3.05, 3.63) is 0 Å². The van der Waals surface area contributed by atoms with Crippen molar-refractivity contribution >= 4 is 5.97 Å². The van der Waals surface area contributed by atoms with Crippen LogP contribution in [-0.2, 0) is 14.3 Å². The molecule has 0 aliphatic rings. The summed E-state index contributed by atoms with van der Waals surface area (Å²) >= 11 is 0. The van der Waals surface area contributed by atoms with E-state index < -0.39 is 0 Å². The van der Waals surface area contributed by atoms with Crippen LogP contribution >= 0.6 is 0 Å². The maximum absolute atomic E-state index is 11.0. The van der Waals surface area contributed by atoms with Gasteiger partial charge in [-0.2, -0.15) is 0 Å². The molecule has 13 heavy (non-hydrogen) atoms. The zero-order valence-electron chi connectivity index (χ0n) is 9.22. The second kappa shape index (κ2) is 5.22. The third-order valence-electron chi connectivity index (χ3n) is 1.31. The highest BCUT2D eigenvalue weighted by Crippen LogP contribution is 2.12. The van der Waals surface area contributed by atoms with Crippen molar-refractivity contribution in [1.29, 1.82) is 0 Å². The molecule has 1 unspecified atom stereocenters. The minimum Gasteiger partial charge on any atom is -0.466 e. The molecule has 1 atom stereocenters. The minimum absolute atomic E-state index is 0.0842. The molecule has 0 rings (SSSR count). The average molecular weight is 188 g/mol. The Kier molecular flexibility index (Phi) is 4.99. The summed E-state index contributed by atoms with van der Waals surface area (Å²) in [5.41, 5.74) is -0.202. The van der Waals surface area contributed by atoms with Crippen LogP contribution in [0.15, 0.2) is 0 Å². The van der Waals surface area contributed by atoms with Gasteiger partial charge in [-0.1, -0.05) is 0 Å². The molecule has 0 radical (unpaired) electrons. The predicted octanol–water partition coefficient (Wildman–Crippen LogP) is 2.14. The second-order valence-electron chi connectivity index (χ2n) is 4.05. The summed E-state index contributed by atoms with van der Waals surface area (Å²) in [4.78, 5) is 11.0. The molecule has 0 fully saturated rings. The van der Waals surface area contributed by atoms with Gasteiger partial charge in [0.05, 0.1) is 24.7 Å². The maximum Gasteiger partial charge on any atom is 0.308 e. The number of carbonyl (C=O) groups excluding carboxylic acids is 1. The van der Waals surface area contributed by atoms with Crippen molar-refractivity contribution in [1.82, 2.24) is 0 Å². The van der Waals surface area contributed by atoms with E-state index in [0.717, 1.165) is 0 Å². The van der Waals surface area contributed by atoms with E-state index in [1.54, 1.807) is 6.92 Å². The van der Waals surface area contributed by atoms with Gasteiger partial charge >= 0.3 is 5.97 Å². The molecule has 0 aromatic rings. The molecule has 78 valence electrons. The van der Waals surface area contributed by atoms with Gasteiger partial charge in [-0.3, -0.25) is 4.79 Å². The van der Waals surface area contributed by atoms with E-state index in [1.165, 1.54) is 0 Å². The van der Waals surface area contributed by atoms with Crippen LogP contribution in [0.1, 0.15) is 41.0 Å². The largest absolute Gasteiger partial charge is 0.466 e. The van der Waals surface area contributed by atoms with Gasteiger partial charge in [0.1, 0.15) is 0 Å². The van der Waals surface area contributed by atoms with E-state index in [0.29, 0.717) is 13.0 Å². The Bertz CT molecular complexity index is 158. The quantitative estimate of drug-likeness (QED) is 0.634. The summed E-state index contributed by atoms with van der Waals surface area (Å²) in [5.74, 6) is -0.195. The highest BCUT2D eigenvalue weighted by molar-refractivity contribution is 5.69. The summed E-state index contributed by atoms with van der Waals surface area (Å²) in [6.07, 6.45) is 0.240. The number of rotatable bonds is 4. The lowest BCUT2D eigenvalue weighted by Gasteiger charge is -2.24. The summed E-state index contributed by atoms with van der Waals surface area (Å²) < 4.78 is 10.4. The Balaban J connectivity index is 3.74. The van der Waals surface area contributed by atoms with Gasteiger partial charge < -0.3 is 9.47 Å². The van der Waals surface area contributed by atoms with Crippen molar-refractivity contribution in [3.63, 3.8) is 0 Å². The lowest BCUT2D eigenvalue weighted by molar-refractivity contribution is -0.148. The van der Waals surface area contributed by atoms with Gasteiger partial charge in [0.2, 0.25) is 0 Å². The zero-order chi connectivity index (χ0) is 10.5. The molecule has 0 aliphatic carbocycles. The Morgan fingerprint density at radius 3 is 2.31 bits per heavy atom. The predicted molar refractivity (Wildman–Crippen MR) is 51.6 cm³/mol. The van der Waals surface area contributed by atoms with E-state index >= 15 is 0 Å². The lowest BCUT2D eigenvalue weighted by Crippen LogP contribution is -2.27. The number of carbonyl (C=O) groups is 1. The number of ether oxygens (including phenoxy) is 2. The first kappa shape index (κ1) is 12.4. The molecule has 0 saturated carbocycles. The zero-order valence-corrected chi connectivity index (χ0v) is 9.22. The van der Waals surface area contributed by atoms with Crippen LogP contribution in [0.4, 0.5) is 0 Å². The van der Waals surface area contributed by atoms with E-state index in [4.69, 9.17) is 9.47 Å². The minimum atomic E-state index is -0.202. The average Bonchev–Trinajstić information content (AvgIpc) is 1.81. The Hall–Kier alpha value is -0.570. The lowest BCUT2D eigenvalue weighted by atomic mass is 10.1. The molecule has 0 spiro atoms. The second-order valence-corrected chi connectivity index (χ2v) is 4.05. The van der Waals surface area contributed by atoms with E-state index in [2.05, 4.69) is 0 Å². The van der Waals surface area contributed by atoms with Gasteiger partial charge in [-0.15, -0.1) is 0 Å². The van der Waals surface area contributed by atoms with Crippen LogP contribution in [0.5, 0.6) is 0 Å². The van der Waals surface area contributed by atoms with Crippen LogP contribution in [0.25, 0.3) is 0 Å². The number of hydrogen-bond donors (Lipinski definition) is 0. The Morgan fingerprint density at radius 1 is 1.38 bits per heavy atom. The molecule has 3 heteroatoms. The fourth-order valence-electron chi connectivity index (χ4n) is 1.10. The monoisotopic (exact) mass is 188 g/mol. The summed E-state index contributed by atoms with van der Waals surface area (Å²) in [5, 5.41) is 0. The van der Waals surface area contributed by atoms with Crippen molar-refractivity contribution in [2.24, 2.45) is 0 Å². The van der Waals surface area contributed by atoms with Crippen LogP contribution in [0.2, 0.25) is 0 Å². The smallest absolute Gasteiger partial charge is 0.308 e. The topological polar surface area (TPSA) is 35.5 Å². The van der Waals surface area contributed by atoms with E-state index in [-0.39, 0.29) is 17.7 Å². The van der Waals surface area contributed by atoms with Gasteiger partial charge in [0.15, 0.2) is 0 Å². The highest BCUT2D eigenvalue weighted by atomic mass is 16.5. The van der Waals surface area contributed by atoms with Gasteiger partial charge in [-0.05, 0) is 34.6 Å². The van der Waals surface area contributed by atoms with E-state index in [1.807, 2.05) is 27.7 Å². The van der Waals surface area contributed by atoms with Gasteiger partial charge in [0, 0.05) is 0 Å². The SMILES string of the molecule is CCOC(=O)CC(C)OC(C)(C)C. The van der Waals surface area contributed by atoms with Crippen LogP contribution in [-0.4, -0.2) is 24.3 Å². The molecule has 0 amide bonds. The molecule has 0 aliphatic heterocycles. The molecular weight excluding hydrogens is 168 g/mol. The van der Waals surface area contributed by atoms with Crippen LogP contribution in [0.3, 0.4) is 0 Å². The molecular formula is C10H20O3. The van der Waals surface area contributed by atoms with Crippen molar-refractivity contribution in [2.45, 2.75) is 52.7 Å². The molecule has 0 bridgehead atoms. The Labute approximate surface area is 80.4 Å². The third kappa shape index (κ3) is 7.78. The van der Waals surface area contributed by atoms with Crippen LogP contribution < -0.4 is 0 Å². The van der Waals surface area contributed by atoms with Gasteiger partial charge in [0.25, 0.3) is 0 Å². The molecule has 3 nitrogen and oxygen atoms in total. The van der Waals surface area contributed by atoms with Crippen molar-refractivity contribution in [2.75, 3.05) is 6.61 Å². The summed E-state index contributed by atoms with van der Waals surface area (Å²) in [6, 6.07) is 0. The highest BCUT2D eigenvalue weighted by Gasteiger charge is 2.17. The van der Waals surface area contributed by atoms with Crippen molar-refractivity contribution in [3.8, 4) is 0 Å². The summed E-state index contributed by atoms with van der Waals surface area (Å²) in [6.45, 7) is 10.0.